The first-order valence-corrected chi connectivity index (χ1v) is 5.92. The lowest BCUT2D eigenvalue weighted by molar-refractivity contribution is 0.305. The van der Waals surface area contributed by atoms with E-state index in [1.54, 1.807) is 12.1 Å². The summed E-state index contributed by atoms with van der Waals surface area (Å²) in [6, 6.07) is 6.67. The van der Waals surface area contributed by atoms with Gasteiger partial charge in [-0.2, -0.15) is 0 Å². The van der Waals surface area contributed by atoms with Crippen LogP contribution >= 0.6 is 0 Å². The third-order valence-corrected chi connectivity index (χ3v) is 2.78. The highest BCUT2D eigenvalue weighted by molar-refractivity contribution is 5.80. The molecule has 2 N–H and O–H groups in total. The molecule has 0 amide bonds. The van der Waals surface area contributed by atoms with Gasteiger partial charge in [-0.3, -0.25) is 0 Å². The summed E-state index contributed by atoms with van der Waals surface area (Å²) in [7, 11) is 0. The number of nitrogens with zero attached hydrogens (tertiary/aromatic N) is 1. The molecule has 0 fully saturated rings. The van der Waals surface area contributed by atoms with Crippen molar-refractivity contribution in [3.63, 3.8) is 0 Å². The van der Waals surface area contributed by atoms with Gasteiger partial charge in [-0.05, 0) is 37.1 Å². The van der Waals surface area contributed by atoms with Crippen LogP contribution < -0.4 is 5.73 Å². The summed E-state index contributed by atoms with van der Waals surface area (Å²) in [5.74, 6) is 0.530. The summed E-state index contributed by atoms with van der Waals surface area (Å²) < 4.78 is 18.2. The van der Waals surface area contributed by atoms with Gasteiger partial charge in [-0.15, -0.1) is 0 Å². The van der Waals surface area contributed by atoms with Gasteiger partial charge >= 0.3 is 0 Å². The summed E-state index contributed by atoms with van der Waals surface area (Å²) in [6.45, 7) is 1.34. The fourth-order valence-corrected chi connectivity index (χ4v) is 1.85. The molecule has 0 aromatic heterocycles. The molecule has 1 aromatic rings. The zero-order valence-corrected chi connectivity index (χ0v) is 9.73. The van der Waals surface area contributed by atoms with E-state index in [1.165, 1.54) is 12.1 Å². The summed E-state index contributed by atoms with van der Waals surface area (Å²) in [5.41, 5.74) is 6.47. The summed E-state index contributed by atoms with van der Waals surface area (Å²) in [6.07, 6.45) is 2.59. The number of hydrogen-bond acceptors (Lipinski definition) is 3. The van der Waals surface area contributed by atoms with E-state index in [1.807, 2.05) is 0 Å². The molecule has 1 heterocycles. The monoisotopic (exact) mass is 236 g/mol. The quantitative estimate of drug-likeness (QED) is 0.848. The van der Waals surface area contributed by atoms with Crippen LogP contribution in [0.3, 0.4) is 0 Å². The first kappa shape index (κ1) is 12.0. The first-order chi connectivity index (χ1) is 8.28. The van der Waals surface area contributed by atoms with Crippen LogP contribution in [0.15, 0.2) is 29.3 Å². The predicted octanol–water partition coefficient (Wildman–Crippen LogP) is 1.90. The first-order valence-electron chi connectivity index (χ1n) is 5.92. The Morgan fingerprint density at radius 1 is 1.35 bits per heavy atom. The van der Waals surface area contributed by atoms with Crippen LogP contribution in [0.25, 0.3) is 0 Å². The summed E-state index contributed by atoms with van der Waals surface area (Å²) in [4.78, 5) is 4.49. The fraction of sp³-hybridized carbons (Fsp3) is 0.462. The number of benzene rings is 1. The topological polar surface area (TPSA) is 47.6 Å². The summed E-state index contributed by atoms with van der Waals surface area (Å²) >= 11 is 0. The SMILES string of the molecule is NCCCC1COC(Cc2ccc(F)cc2)=N1. The largest absolute Gasteiger partial charge is 0.478 e. The van der Waals surface area contributed by atoms with Crippen LogP contribution in [0.4, 0.5) is 4.39 Å². The van der Waals surface area contributed by atoms with Crippen LogP contribution in [-0.4, -0.2) is 25.1 Å². The third-order valence-electron chi connectivity index (χ3n) is 2.78. The van der Waals surface area contributed by atoms with Crippen LogP contribution in [0.1, 0.15) is 18.4 Å². The van der Waals surface area contributed by atoms with E-state index in [4.69, 9.17) is 10.5 Å². The molecule has 0 bridgehead atoms. The van der Waals surface area contributed by atoms with Crippen LogP contribution in [0.2, 0.25) is 0 Å². The molecule has 1 unspecified atom stereocenters. The molecule has 0 saturated carbocycles. The Balaban J connectivity index is 1.89. The number of rotatable bonds is 5. The number of nitrogens with two attached hydrogens (primary N) is 1. The molecular formula is C13H17FN2O. The van der Waals surface area contributed by atoms with E-state index in [9.17, 15) is 4.39 Å². The van der Waals surface area contributed by atoms with Crippen molar-refractivity contribution < 1.29 is 9.13 Å². The molecule has 1 aliphatic rings. The van der Waals surface area contributed by atoms with Crippen molar-refractivity contribution in [1.29, 1.82) is 0 Å². The molecule has 0 aliphatic carbocycles. The normalized spacial score (nSPS) is 18.9. The molecule has 17 heavy (non-hydrogen) atoms. The van der Waals surface area contributed by atoms with Crippen LogP contribution in [-0.2, 0) is 11.2 Å². The molecule has 2 rings (SSSR count). The standard InChI is InChI=1S/C13H17FN2O/c14-11-5-3-10(4-6-11)8-13-16-12(9-17-13)2-1-7-15/h3-6,12H,1-2,7-9,15H2. The molecule has 1 aromatic carbocycles. The van der Waals surface area contributed by atoms with Gasteiger partial charge in [0.2, 0.25) is 0 Å². The van der Waals surface area contributed by atoms with Gasteiger partial charge in [-0.25, -0.2) is 9.38 Å². The third kappa shape index (κ3) is 3.53. The predicted molar refractivity (Wildman–Crippen MR) is 65.6 cm³/mol. The van der Waals surface area contributed by atoms with Crippen molar-refractivity contribution in [3.05, 3.63) is 35.6 Å². The highest BCUT2D eigenvalue weighted by Crippen LogP contribution is 2.13. The van der Waals surface area contributed by atoms with Crippen molar-refractivity contribution in [3.8, 4) is 0 Å². The Bertz CT molecular complexity index is 389. The van der Waals surface area contributed by atoms with Gasteiger partial charge in [0.1, 0.15) is 12.4 Å². The second-order valence-corrected chi connectivity index (χ2v) is 4.22. The van der Waals surface area contributed by atoms with Gasteiger partial charge in [0, 0.05) is 6.42 Å². The van der Waals surface area contributed by atoms with Gasteiger partial charge in [-0.1, -0.05) is 12.1 Å². The zero-order valence-electron chi connectivity index (χ0n) is 9.73. The maximum atomic E-state index is 12.7. The van der Waals surface area contributed by atoms with E-state index in [0.29, 0.717) is 19.6 Å². The molecule has 92 valence electrons. The number of halogens is 1. The smallest absolute Gasteiger partial charge is 0.188 e. The highest BCUT2D eigenvalue weighted by atomic mass is 19.1. The highest BCUT2D eigenvalue weighted by Gasteiger charge is 2.18. The maximum Gasteiger partial charge on any atom is 0.188 e. The Hall–Kier alpha value is -1.42. The molecule has 0 saturated heterocycles. The van der Waals surface area contributed by atoms with Crippen LogP contribution in [0, 0.1) is 5.82 Å². The minimum Gasteiger partial charge on any atom is -0.478 e. The summed E-state index contributed by atoms with van der Waals surface area (Å²) in [5, 5.41) is 0. The lowest BCUT2D eigenvalue weighted by Gasteiger charge is -2.01. The Labute approximate surface area is 100 Å². The van der Waals surface area contributed by atoms with E-state index in [2.05, 4.69) is 4.99 Å². The fourth-order valence-electron chi connectivity index (χ4n) is 1.85. The molecule has 1 atom stereocenters. The average Bonchev–Trinajstić information content (AvgIpc) is 2.77. The Kier molecular flexibility index (Phi) is 4.09. The van der Waals surface area contributed by atoms with Crippen molar-refractivity contribution in [2.75, 3.05) is 13.2 Å². The van der Waals surface area contributed by atoms with E-state index < -0.39 is 0 Å². The average molecular weight is 236 g/mol. The van der Waals surface area contributed by atoms with E-state index >= 15 is 0 Å². The minimum absolute atomic E-state index is 0.219. The van der Waals surface area contributed by atoms with Gasteiger partial charge in [0.05, 0.1) is 6.04 Å². The number of aliphatic imine (C=N–C) groups is 1. The van der Waals surface area contributed by atoms with Crippen molar-refractivity contribution in [2.45, 2.75) is 25.3 Å². The molecule has 4 heteroatoms. The minimum atomic E-state index is -0.219. The van der Waals surface area contributed by atoms with Gasteiger partial charge in [0.25, 0.3) is 0 Å². The molecule has 0 spiro atoms. The maximum absolute atomic E-state index is 12.7. The Morgan fingerprint density at radius 2 is 2.12 bits per heavy atom. The number of ether oxygens (including phenoxy) is 1. The lowest BCUT2D eigenvalue weighted by atomic mass is 10.1. The van der Waals surface area contributed by atoms with Crippen LogP contribution in [0.5, 0.6) is 0 Å². The Morgan fingerprint density at radius 3 is 2.82 bits per heavy atom. The molecule has 3 nitrogen and oxygen atoms in total. The molecule has 0 radical (unpaired) electrons. The van der Waals surface area contributed by atoms with E-state index in [-0.39, 0.29) is 11.9 Å². The van der Waals surface area contributed by atoms with E-state index in [0.717, 1.165) is 24.3 Å². The van der Waals surface area contributed by atoms with Gasteiger partial charge in [0.15, 0.2) is 5.90 Å². The molecule has 1 aliphatic heterocycles. The molecular weight excluding hydrogens is 219 g/mol. The van der Waals surface area contributed by atoms with Crippen molar-refractivity contribution in [1.82, 2.24) is 0 Å². The number of hydrogen-bond donors (Lipinski definition) is 1. The second-order valence-electron chi connectivity index (χ2n) is 4.22. The van der Waals surface area contributed by atoms with Gasteiger partial charge < -0.3 is 10.5 Å². The second kappa shape index (κ2) is 5.77. The van der Waals surface area contributed by atoms with Crippen molar-refractivity contribution >= 4 is 5.90 Å². The lowest BCUT2D eigenvalue weighted by Crippen LogP contribution is -2.09. The van der Waals surface area contributed by atoms with Crippen molar-refractivity contribution in [2.24, 2.45) is 10.7 Å². The zero-order chi connectivity index (χ0) is 12.1.